The van der Waals surface area contributed by atoms with Crippen molar-refractivity contribution in [2.45, 2.75) is 77.3 Å². The molecule has 22 heavy (non-hydrogen) atoms. The van der Waals surface area contributed by atoms with Crippen molar-refractivity contribution in [1.82, 2.24) is 15.5 Å². The number of likely N-dealkylation sites (tertiary alicyclic amines) is 1. The largest absolute Gasteiger partial charge is 0.371 e. The van der Waals surface area contributed by atoms with Crippen LogP contribution >= 0.6 is 0 Å². The first-order valence-electron chi connectivity index (χ1n) is 9.17. The SMILES string of the molecule is C=C(NCC1CCCN1CC)NC(C)=NC1CCCCCC1. The Hall–Kier alpha value is -1.03. The second-order valence-electron chi connectivity index (χ2n) is 6.77. The summed E-state index contributed by atoms with van der Waals surface area (Å²) in [5, 5.41) is 6.77. The summed E-state index contributed by atoms with van der Waals surface area (Å²) in [6.07, 6.45) is 10.5. The highest BCUT2D eigenvalue weighted by molar-refractivity contribution is 5.81. The highest BCUT2D eigenvalue weighted by atomic mass is 15.2. The third-order valence-electron chi connectivity index (χ3n) is 4.99. The van der Waals surface area contributed by atoms with E-state index in [1.165, 1.54) is 57.9 Å². The highest BCUT2D eigenvalue weighted by Crippen LogP contribution is 2.19. The van der Waals surface area contributed by atoms with E-state index < -0.39 is 0 Å². The summed E-state index contributed by atoms with van der Waals surface area (Å²) in [7, 11) is 0. The van der Waals surface area contributed by atoms with Crippen LogP contribution < -0.4 is 10.6 Å². The molecule has 1 atom stereocenters. The zero-order valence-electron chi connectivity index (χ0n) is 14.5. The van der Waals surface area contributed by atoms with E-state index in [2.05, 4.69) is 36.0 Å². The van der Waals surface area contributed by atoms with Crippen molar-refractivity contribution in [3.05, 3.63) is 12.4 Å². The summed E-state index contributed by atoms with van der Waals surface area (Å²) >= 11 is 0. The van der Waals surface area contributed by atoms with Crippen LogP contribution in [0.5, 0.6) is 0 Å². The smallest absolute Gasteiger partial charge is 0.0989 e. The molecule has 2 aliphatic rings. The average molecular weight is 306 g/mol. The first-order chi connectivity index (χ1) is 10.7. The first-order valence-corrected chi connectivity index (χ1v) is 9.17. The van der Waals surface area contributed by atoms with E-state index in [1.54, 1.807) is 0 Å². The molecule has 126 valence electrons. The Kier molecular flexibility index (Phi) is 7.23. The number of hydrogen-bond donors (Lipinski definition) is 2. The molecular weight excluding hydrogens is 272 g/mol. The molecule has 0 amide bonds. The average Bonchev–Trinajstić information content (AvgIpc) is 2.81. The summed E-state index contributed by atoms with van der Waals surface area (Å²) in [5.41, 5.74) is 0. The van der Waals surface area contributed by atoms with Crippen molar-refractivity contribution < 1.29 is 0 Å². The Balaban J connectivity index is 1.71. The maximum atomic E-state index is 4.84. The van der Waals surface area contributed by atoms with Crippen molar-refractivity contribution in [2.75, 3.05) is 19.6 Å². The Labute approximate surface area is 136 Å². The number of aliphatic imine (C=N–C) groups is 1. The molecule has 2 N–H and O–H groups in total. The number of nitrogens with zero attached hydrogens (tertiary/aromatic N) is 2. The van der Waals surface area contributed by atoms with E-state index in [0.717, 1.165) is 24.7 Å². The maximum Gasteiger partial charge on any atom is 0.0989 e. The zero-order chi connectivity index (χ0) is 15.8. The Morgan fingerprint density at radius 3 is 2.55 bits per heavy atom. The number of nitrogens with one attached hydrogen (secondary N) is 2. The first kappa shape index (κ1) is 17.3. The Bertz CT molecular complexity index is 369. The molecule has 0 bridgehead atoms. The van der Waals surface area contributed by atoms with Crippen LogP contribution in [0.15, 0.2) is 17.4 Å². The fraction of sp³-hybridized carbons (Fsp3) is 0.833. The molecule has 0 aromatic heterocycles. The van der Waals surface area contributed by atoms with Gasteiger partial charge in [-0.3, -0.25) is 9.89 Å². The van der Waals surface area contributed by atoms with Gasteiger partial charge in [-0.2, -0.15) is 0 Å². The fourth-order valence-electron chi connectivity index (χ4n) is 3.74. The molecule has 0 aromatic rings. The van der Waals surface area contributed by atoms with Crippen LogP contribution in [0, 0.1) is 0 Å². The van der Waals surface area contributed by atoms with Crippen molar-refractivity contribution in [3.8, 4) is 0 Å². The molecule has 1 saturated carbocycles. The van der Waals surface area contributed by atoms with Gasteiger partial charge in [0, 0.05) is 12.6 Å². The summed E-state index contributed by atoms with van der Waals surface area (Å²) < 4.78 is 0. The van der Waals surface area contributed by atoms with Gasteiger partial charge < -0.3 is 10.6 Å². The number of hydrogen-bond acceptors (Lipinski definition) is 3. The topological polar surface area (TPSA) is 39.7 Å². The second-order valence-corrected chi connectivity index (χ2v) is 6.77. The van der Waals surface area contributed by atoms with Crippen LogP contribution in [0.2, 0.25) is 0 Å². The molecule has 1 aliphatic heterocycles. The number of rotatable bonds is 6. The normalized spacial score (nSPS) is 25.0. The molecule has 1 aliphatic carbocycles. The van der Waals surface area contributed by atoms with Gasteiger partial charge in [-0.1, -0.05) is 39.2 Å². The minimum absolute atomic E-state index is 0.508. The van der Waals surface area contributed by atoms with E-state index in [4.69, 9.17) is 4.99 Å². The monoisotopic (exact) mass is 306 g/mol. The van der Waals surface area contributed by atoms with Crippen LogP contribution in [0.3, 0.4) is 0 Å². The third kappa shape index (κ3) is 5.64. The van der Waals surface area contributed by atoms with Crippen LogP contribution in [0.4, 0.5) is 0 Å². The zero-order valence-corrected chi connectivity index (χ0v) is 14.5. The number of amidine groups is 1. The van der Waals surface area contributed by atoms with Crippen molar-refractivity contribution in [1.29, 1.82) is 0 Å². The lowest BCUT2D eigenvalue weighted by atomic mass is 10.1. The molecule has 2 fully saturated rings. The number of likely N-dealkylation sites (N-methyl/N-ethyl adjacent to an activating group) is 1. The van der Waals surface area contributed by atoms with Crippen LogP contribution in [-0.4, -0.2) is 42.5 Å². The molecule has 0 spiro atoms. The fourth-order valence-corrected chi connectivity index (χ4v) is 3.74. The van der Waals surface area contributed by atoms with Gasteiger partial charge in [0.25, 0.3) is 0 Å². The Morgan fingerprint density at radius 2 is 1.86 bits per heavy atom. The predicted molar refractivity (Wildman–Crippen MR) is 95.1 cm³/mol. The van der Waals surface area contributed by atoms with Crippen LogP contribution in [0.25, 0.3) is 0 Å². The molecule has 1 heterocycles. The predicted octanol–water partition coefficient (Wildman–Crippen LogP) is 3.26. The minimum atomic E-state index is 0.508. The van der Waals surface area contributed by atoms with E-state index in [1.807, 2.05) is 0 Å². The van der Waals surface area contributed by atoms with Crippen molar-refractivity contribution in [2.24, 2.45) is 4.99 Å². The van der Waals surface area contributed by atoms with Gasteiger partial charge in [0.15, 0.2) is 0 Å². The molecule has 4 nitrogen and oxygen atoms in total. The van der Waals surface area contributed by atoms with Gasteiger partial charge in [0.2, 0.25) is 0 Å². The molecule has 2 rings (SSSR count). The van der Waals surface area contributed by atoms with Crippen LogP contribution in [0.1, 0.15) is 65.2 Å². The quantitative estimate of drug-likeness (QED) is 0.449. The van der Waals surface area contributed by atoms with E-state index in [9.17, 15) is 0 Å². The van der Waals surface area contributed by atoms with Gasteiger partial charge in [-0.25, -0.2) is 0 Å². The third-order valence-corrected chi connectivity index (χ3v) is 4.99. The molecule has 0 aromatic carbocycles. The second kappa shape index (κ2) is 9.19. The van der Waals surface area contributed by atoms with E-state index in [0.29, 0.717) is 12.1 Å². The summed E-state index contributed by atoms with van der Waals surface area (Å²) in [4.78, 5) is 7.39. The summed E-state index contributed by atoms with van der Waals surface area (Å²) in [5.74, 6) is 1.89. The lowest BCUT2D eigenvalue weighted by Gasteiger charge is -2.24. The minimum Gasteiger partial charge on any atom is -0.371 e. The van der Waals surface area contributed by atoms with Gasteiger partial charge in [0.1, 0.15) is 0 Å². The molecule has 1 saturated heterocycles. The van der Waals surface area contributed by atoms with Gasteiger partial charge in [-0.15, -0.1) is 0 Å². The van der Waals surface area contributed by atoms with Crippen LogP contribution in [-0.2, 0) is 0 Å². The highest BCUT2D eigenvalue weighted by Gasteiger charge is 2.22. The molecule has 4 heteroatoms. The van der Waals surface area contributed by atoms with E-state index in [-0.39, 0.29) is 0 Å². The lowest BCUT2D eigenvalue weighted by Crippen LogP contribution is -2.40. The molecule has 0 radical (unpaired) electrons. The van der Waals surface area contributed by atoms with Crippen molar-refractivity contribution in [3.63, 3.8) is 0 Å². The van der Waals surface area contributed by atoms with Gasteiger partial charge >= 0.3 is 0 Å². The lowest BCUT2D eigenvalue weighted by molar-refractivity contribution is 0.264. The van der Waals surface area contributed by atoms with Gasteiger partial charge in [-0.05, 0) is 45.7 Å². The standard InChI is InChI=1S/C18H34N4/c1-4-22-13-9-12-18(22)14-19-15(2)20-16(3)21-17-10-7-5-6-8-11-17/h17-19H,2,4-14H2,1,3H3,(H,20,21). The summed E-state index contributed by atoms with van der Waals surface area (Å²) in [6.45, 7) is 11.8. The van der Waals surface area contributed by atoms with Crippen molar-refractivity contribution >= 4 is 5.84 Å². The maximum absolute atomic E-state index is 4.84. The summed E-state index contributed by atoms with van der Waals surface area (Å²) in [6, 6.07) is 1.16. The van der Waals surface area contributed by atoms with E-state index >= 15 is 0 Å². The molecule has 1 unspecified atom stereocenters. The Morgan fingerprint density at radius 1 is 1.14 bits per heavy atom. The van der Waals surface area contributed by atoms with Gasteiger partial charge in [0.05, 0.1) is 17.7 Å². The molecular formula is C18H34N4.